The molecule has 0 aliphatic heterocycles. The fraction of sp³-hybridized carbons (Fsp3) is 0.0556. The molecule has 2 aromatic heterocycles. The quantitative estimate of drug-likeness (QED) is 0.606. The Bertz CT molecular complexity index is 937. The summed E-state index contributed by atoms with van der Waals surface area (Å²) in [6.45, 7) is 0.571. The number of nitrogens with zero attached hydrogens (tertiary/aromatic N) is 2. The van der Waals surface area contributed by atoms with Crippen LogP contribution in [-0.2, 0) is 6.54 Å². The van der Waals surface area contributed by atoms with Gasteiger partial charge in [-0.3, -0.25) is 0 Å². The molecule has 4 rings (SSSR count). The van der Waals surface area contributed by atoms with E-state index in [0.29, 0.717) is 6.54 Å². The van der Waals surface area contributed by atoms with Crippen molar-refractivity contribution in [2.24, 2.45) is 5.73 Å². The third-order valence-corrected chi connectivity index (χ3v) is 3.86. The van der Waals surface area contributed by atoms with Crippen molar-refractivity contribution in [3.8, 4) is 11.1 Å². The number of pyridine rings is 1. The lowest BCUT2D eigenvalue weighted by Crippen LogP contribution is -1.95. The summed E-state index contributed by atoms with van der Waals surface area (Å²) >= 11 is 0. The molecular weight excluding hydrogens is 258 g/mol. The largest absolute Gasteiger partial charge is 0.326 e. The summed E-state index contributed by atoms with van der Waals surface area (Å²) in [5, 5.41) is 2.46. The van der Waals surface area contributed by atoms with Crippen molar-refractivity contribution in [2.75, 3.05) is 0 Å². The van der Waals surface area contributed by atoms with Gasteiger partial charge in [0.2, 0.25) is 0 Å². The molecule has 0 unspecified atom stereocenters. The van der Waals surface area contributed by atoms with Gasteiger partial charge in [0.15, 0.2) is 0 Å². The highest BCUT2D eigenvalue weighted by Gasteiger charge is 2.02. The monoisotopic (exact) mass is 273 g/mol. The zero-order valence-corrected chi connectivity index (χ0v) is 11.5. The molecule has 2 heterocycles. The molecule has 0 spiro atoms. The van der Waals surface area contributed by atoms with Crippen molar-refractivity contribution in [2.45, 2.75) is 6.54 Å². The van der Waals surface area contributed by atoms with Gasteiger partial charge in [-0.05, 0) is 51.7 Å². The lowest BCUT2D eigenvalue weighted by atomic mass is 10.0. The van der Waals surface area contributed by atoms with Gasteiger partial charge in [-0.25, -0.2) is 4.98 Å². The highest BCUT2D eigenvalue weighted by Crippen LogP contribution is 2.25. The summed E-state index contributed by atoms with van der Waals surface area (Å²) in [5.74, 6) is 0. The first-order chi connectivity index (χ1) is 10.3. The SMILES string of the molecule is NCc1ccc2ccc(-c3ccc4nccn4c3)cc2c1. The summed E-state index contributed by atoms with van der Waals surface area (Å²) < 4.78 is 2.04. The molecule has 102 valence electrons. The van der Waals surface area contributed by atoms with Gasteiger partial charge in [0.1, 0.15) is 5.65 Å². The first kappa shape index (κ1) is 12.1. The average Bonchev–Trinajstić information content (AvgIpc) is 3.01. The van der Waals surface area contributed by atoms with Crippen molar-refractivity contribution < 1.29 is 0 Å². The topological polar surface area (TPSA) is 43.3 Å². The number of imidazole rings is 1. The van der Waals surface area contributed by atoms with Crippen LogP contribution >= 0.6 is 0 Å². The molecule has 3 nitrogen and oxygen atoms in total. The Morgan fingerprint density at radius 1 is 0.905 bits per heavy atom. The van der Waals surface area contributed by atoms with E-state index in [9.17, 15) is 0 Å². The standard InChI is InChI=1S/C18H15N3/c19-11-13-1-2-14-3-4-15(10-17(14)9-13)16-5-6-18-20-7-8-21(18)12-16/h1-10,12H,11,19H2. The Kier molecular flexibility index (Phi) is 2.72. The zero-order valence-electron chi connectivity index (χ0n) is 11.5. The van der Waals surface area contributed by atoms with E-state index < -0.39 is 0 Å². The van der Waals surface area contributed by atoms with E-state index in [1.165, 1.54) is 21.9 Å². The maximum absolute atomic E-state index is 5.73. The summed E-state index contributed by atoms with van der Waals surface area (Å²) in [7, 11) is 0. The molecule has 0 aliphatic carbocycles. The molecule has 0 fully saturated rings. The summed E-state index contributed by atoms with van der Waals surface area (Å²) in [6.07, 6.45) is 5.88. The number of hydrogen-bond donors (Lipinski definition) is 1. The predicted octanol–water partition coefficient (Wildman–Crippen LogP) is 3.61. The molecule has 0 radical (unpaired) electrons. The van der Waals surface area contributed by atoms with E-state index in [-0.39, 0.29) is 0 Å². The van der Waals surface area contributed by atoms with Crippen LogP contribution in [0, 0.1) is 0 Å². The minimum atomic E-state index is 0.571. The molecule has 0 saturated heterocycles. The van der Waals surface area contributed by atoms with Gasteiger partial charge in [-0.15, -0.1) is 0 Å². The normalized spacial score (nSPS) is 11.3. The van der Waals surface area contributed by atoms with E-state index in [0.717, 1.165) is 11.2 Å². The first-order valence-corrected chi connectivity index (χ1v) is 6.99. The van der Waals surface area contributed by atoms with Gasteiger partial charge < -0.3 is 10.1 Å². The Hall–Kier alpha value is -2.65. The Morgan fingerprint density at radius 2 is 1.76 bits per heavy atom. The van der Waals surface area contributed by atoms with Crippen LogP contribution in [0.2, 0.25) is 0 Å². The molecule has 2 aromatic carbocycles. The van der Waals surface area contributed by atoms with Crippen molar-refractivity contribution >= 4 is 16.4 Å². The zero-order chi connectivity index (χ0) is 14.2. The molecule has 3 heteroatoms. The van der Waals surface area contributed by atoms with E-state index in [4.69, 9.17) is 5.73 Å². The molecule has 2 N–H and O–H groups in total. The lowest BCUT2D eigenvalue weighted by molar-refractivity contribution is 1.08. The molecule has 0 saturated carbocycles. The van der Waals surface area contributed by atoms with Gasteiger partial charge in [0.25, 0.3) is 0 Å². The van der Waals surface area contributed by atoms with Gasteiger partial charge in [0.05, 0.1) is 0 Å². The van der Waals surface area contributed by atoms with Crippen LogP contribution in [0.5, 0.6) is 0 Å². The first-order valence-electron chi connectivity index (χ1n) is 6.99. The van der Waals surface area contributed by atoms with Crippen LogP contribution in [0.1, 0.15) is 5.56 Å². The van der Waals surface area contributed by atoms with E-state index in [1.807, 2.05) is 22.9 Å². The molecule has 0 atom stereocenters. The lowest BCUT2D eigenvalue weighted by Gasteiger charge is -2.06. The van der Waals surface area contributed by atoms with Crippen LogP contribution in [-0.4, -0.2) is 9.38 Å². The van der Waals surface area contributed by atoms with Crippen molar-refractivity contribution in [3.05, 3.63) is 72.7 Å². The fourth-order valence-corrected chi connectivity index (χ4v) is 2.69. The molecule has 0 aliphatic rings. The van der Waals surface area contributed by atoms with Crippen molar-refractivity contribution in [1.29, 1.82) is 0 Å². The minimum Gasteiger partial charge on any atom is -0.326 e. The maximum atomic E-state index is 5.73. The molecule has 0 amide bonds. The van der Waals surface area contributed by atoms with Crippen LogP contribution in [0.4, 0.5) is 0 Å². The summed E-state index contributed by atoms with van der Waals surface area (Å²) in [5.41, 5.74) is 10.2. The number of aromatic nitrogens is 2. The van der Waals surface area contributed by atoms with Gasteiger partial charge in [0, 0.05) is 25.1 Å². The second-order valence-electron chi connectivity index (χ2n) is 5.21. The third kappa shape index (κ3) is 2.08. The summed E-state index contributed by atoms with van der Waals surface area (Å²) in [6, 6.07) is 17.0. The molecular formula is C18H15N3. The van der Waals surface area contributed by atoms with Gasteiger partial charge in [-0.1, -0.05) is 24.3 Å². The highest BCUT2D eigenvalue weighted by molar-refractivity contribution is 5.87. The van der Waals surface area contributed by atoms with E-state index in [1.54, 1.807) is 0 Å². The molecule has 0 bridgehead atoms. The summed E-state index contributed by atoms with van der Waals surface area (Å²) in [4.78, 5) is 4.28. The van der Waals surface area contributed by atoms with Crippen LogP contribution in [0.25, 0.3) is 27.5 Å². The Balaban J connectivity index is 1.88. The average molecular weight is 273 g/mol. The van der Waals surface area contributed by atoms with Crippen LogP contribution in [0.3, 0.4) is 0 Å². The number of benzene rings is 2. The predicted molar refractivity (Wildman–Crippen MR) is 86.0 cm³/mol. The molecule has 4 aromatic rings. The van der Waals surface area contributed by atoms with Gasteiger partial charge in [-0.2, -0.15) is 0 Å². The third-order valence-electron chi connectivity index (χ3n) is 3.86. The maximum Gasteiger partial charge on any atom is 0.136 e. The van der Waals surface area contributed by atoms with Crippen molar-refractivity contribution in [3.63, 3.8) is 0 Å². The Labute approximate surface area is 122 Å². The van der Waals surface area contributed by atoms with Crippen LogP contribution < -0.4 is 5.73 Å². The molecule has 21 heavy (non-hydrogen) atoms. The minimum absolute atomic E-state index is 0.571. The number of rotatable bonds is 2. The Morgan fingerprint density at radius 3 is 2.67 bits per heavy atom. The second-order valence-corrected chi connectivity index (χ2v) is 5.21. The van der Waals surface area contributed by atoms with E-state index in [2.05, 4.69) is 53.6 Å². The van der Waals surface area contributed by atoms with Gasteiger partial charge >= 0.3 is 0 Å². The fourth-order valence-electron chi connectivity index (χ4n) is 2.69. The number of hydrogen-bond acceptors (Lipinski definition) is 2. The number of fused-ring (bicyclic) bond motifs is 2. The number of nitrogens with two attached hydrogens (primary N) is 1. The highest BCUT2D eigenvalue weighted by atomic mass is 15.0. The second kappa shape index (κ2) is 4.72. The smallest absolute Gasteiger partial charge is 0.136 e. The van der Waals surface area contributed by atoms with Crippen LogP contribution in [0.15, 0.2) is 67.1 Å². The van der Waals surface area contributed by atoms with E-state index >= 15 is 0 Å². The van der Waals surface area contributed by atoms with Crippen molar-refractivity contribution in [1.82, 2.24) is 9.38 Å².